The first-order chi connectivity index (χ1) is 12.9. The molecule has 2 rings (SSSR count). The number of rotatable bonds is 9. The topological polar surface area (TPSA) is 78.3 Å². The van der Waals surface area contributed by atoms with Crippen molar-refractivity contribution >= 4 is 23.4 Å². The molecule has 10 heteroatoms. The molecule has 1 N–H and O–H groups in total. The second-order valence-electron chi connectivity index (χ2n) is 5.42. The molecule has 0 aliphatic carbocycles. The van der Waals surface area contributed by atoms with Crippen LogP contribution in [-0.2, 0) is 11.3 Å². The van der Waals surface area contributed by atoms with Crippen molar-refractivity contribution in [3.63, 3.8) is 0 Å². The van der Waals surface area contributed by atoms with Gasteiger partial charge in [0.1, 0.15) is 16.6 Å². The van der Waals surface area contributed by atoms with E-state index in [1.54, 1.807) is 13.8 Å². The van der Waals surface area contributed by atoms with Crippen molar-refractivity contribution in [1.82, 2.24) is 14.8 Å². The molecule has 7 nitrogen and oxygen atoms in total. The Morgan fingerprint density at radius 3 is 2.70 bits per heavy atom. The molecule has 0 amide bonds. The zero-order chi connectivity index (χ0) is 20.0. The average molecular weight is 403 g/mol. The normalized spacial score (nSPS) is 10.9. The van der Waals surface area contributed by atoms with Crippen LogP contribution in [0.4, 0.5) is 14.6 Å². The summed E-state index contributed by atoms with van der Waals surface area (Å²) in [4.78, 5) is 16.3. The SMILES string of the molecule is CCCNc1cc(OC(F)F)c(-c2c(Cl)c(C(=O)OCC)nn2CC)cn1. The van der Waals surface area contributed by atoms with E-state index < -0.39 is 12.6 Å². The molecule has 2 aromatic heterocycles. The molecule has 148 valence electrons. The van der Waals surface area contributed by atoms with E-state index in [2.05, 4.69) is 20.1 Å². The van der Waals surface area contributed by atoms with Crippen LogP contribution in [0.5, 0.6) is 5.75 Å². The Hall–Kier alpha value is -2.42. The lowest BCUT2D eigenvalue weighted by atomic mass is 10.1. The molecule has 0 radical (unpaired) electrons. The van der Waals surface area contributed by atoms with Crippen LogP contribution in [0, 0.1) is 0 Å². The molecule has 0 unspecified atom stereocenters. The van der Waals surface area contributed by atoms with Crippen LogP contribution in [0.2, 0.25) is 5.02 Å². The summed E-state index contributed by atoms with van der Waals surface area (Å²) in [6, 6.07) is 1.37. The highest BCUT2D eigenvalue weighted by Crippen LogP contribution is 2.38. The standard InChI is InChI=1S/C17H21ClF2N4O3/c1-4-7-21-12-8-11(27-17(19)20)10(9-22-12)15-13(18)14(16(25)26-6-3)23-24(15)5-2/h8-9,17H,4-7H2,1-3H3,(H,21,22). The first kappa shape index (κ1) is 20.9. The largest absolute Gasteiger partial charge is 0.461 e. The van der Waals surface area contributed by atoms with E-state index in [9.17, 15) is 13.6 Å². The smallest absolute Gasteiger partial charge is 0.387 e. The highest BCUT2D eigenvalue weighted by Gasteiger charge is 2.26. The van der Waals surface area contributed by atoms with Crippen LogP contribution in [0.3, 0.4) is 0 Å². The molecule has 27 heavy (non-hydrogen) atoms. The van der Waals surface area contributed by atoms with Gasteiger partial charge in [0.2, 0.25) is 0 Å². The molecule has 2 aromatic rings. The number of pyridine rings is 1. The molecule has 0 aliphatic rings. The number of nitrogens with one attached hydrogen (secondary N) is 1. The second-order valence-corrected chi connectivity index (χ2v) is 5.80. The van der Waals surface area contributed by atoms with Gasteiger partial charge in [-0.2, -0.15) is 13.9 Å². The van der Waals surface area contributed by atoms with E-state index in [0.29, 0.717) is 18.9 Å². The number of hydrogen-bond acceptors (Lipinski definition) is 6. The van der Waals surface area contributed by atoms with Crippen molar-refractivity contribution in [3.05, 3.63) is 23.0 Å². The van der Waals surface area contributed by atoms with Gasteiger partial charge in [0.25, 0.3) is 0 Å². The van der Waals surface area contributed by atoms with Crippen LogP contribution in [0.1, 0.15) is 37.7 Å². The highest BCUT2D eigenvalue weighted by atomic mass is 35.5. The maximum Gasteiger partial charge on any atom is 0.387 e. The first-order valence-electron chi connectivity index (χ1n) is 8.55. The van der Waals surface area contributed by atoms with Gasteiger partial charge in [0.05, 0.1) is 17.9 Å². The number of hydrogen-bond donors (Lipinski definition) is 1. The molecule has 2 heterocycles. The number of ether oxygens (including phenoxy) is 2. The van der Waals surface area contributed by atoms with Crippen molar-refractivity contribution < 1.29 is 23.0 Å². The second kappa shape index (κ2) is 9.50. The van der Waals surface area contributed by atoms with E-state index in [0.717, 1.165) is 6.42 Å². The number of carbonyl (C=O) groups is 1. The van der Waals surface area contributed by atoms with Crippen LogP contribution in [0.25, 0.3) is 11.3 Å². The number of aromatic nitrogens is 3. The van der Waals surface area contributed by atoms with Crippen LogP contribution in [-0.4, -0.2) is 40.5 Å². The first-order valence-corrected chi connectivity index (χ1v) is 8.93. The van der Waals surface area contributed by atoms with E-state index >= 15 is 0 Å². The third-order valence-corrected chi connectivity index (χ3v) is 3.91. The summed E-state index contributed by atoms with van der Waals surface area (Å²) < 4.78 is 36.9. The Bertz CT molecular complexity index is 799. The van der Waals surface area contributed by atoms with Gasteiger partial charge < -0.3 is 14.8 Å². The third-order valence-electron chi connectivity index (χ3n) is 3.56. The Morgan fingerprint density at radius 1 is 1.37 bits per heavy atom. The van der Waals surface area contributed by atoms with E-state index in [1.807, 2.05) is 6.92 Å². The summed E-state index contributed by atoms with van der Waals surface area (Å²) in [6.07, 6.45) is 2.20. The summed E-state index contributed by atoms with van der Waals surface area (Å²) in [6.45, 7) is 3.49. The van der Waals surface area contributed by atoms with Crippen LogP contribution >= 0.6 is 11.6 Å². The predicted molar refractivity (Wildman–Crippen MR) is 97.5 cm³/mol. The molecule has 0 bridgehead atoms. The number of esters is 1. The van der Waals surface area contributed by atoms with Gasteiger partial charge in [0, 0.05) is 25.4 Å². The summed E-state index contributed by atoms with van der Waals surface area (Å²) in [5.41, 5.74) is 0.367. The van der Waals surface area contributed by atoms with E-state index in [4.69, 9.17) is 16.3 Å². The molecule has 0 saturated heterocycles. The van der Waals surface area contributed by atoms with Gasteiger partial charge in [0.15, 0.2) is 5.69 Å². The van der Waals surface area contributed by atoms with Crippen molar-refractivity contribution in [3.8, 4) is 17.0 Å². The molecular formula is C17H21ClF2N4O3. The minimum absolute atomic E-state index is 0.00881. The lowest BCUT2D eigenvalue weighted by molar-refractivity contribution is -0.0494. The lowest BCUT2D eigenvalue weighted by Gasteiger charge is -2.14. The average Bonchev–Trinajstić information content (AvgIpc) is 2.96. The quantitative estimate of drug-likeness (QED) is 0.633. The fraction of sp³-hybridized carbons (Fsp3) is 0.471. The van der Waals surface area contributed by atoms with Gasteiger partial charge in [-0.25, -0.2) is 9.78 Å². The Balaban J connectivity index is 2.56. The molecule has 0 saturated carbocycles. The van der Waals surface area contributed by atoms with Crippen molar-refractivity contribution in [2.45, 2.75) is 40.3 Å². The van der Waals surface area contributed by atoms with E-state index in [-0.39, 0.29) is 34.3 Å². The summed E-state index contributed by atoms with van der Waals surface area (Å²) in [7, 11) is 0. The number of alkyl halides is 2. The number of anilines is 1. The Kier molecular flexibility index (Phi) is 7.35. The summed E-state index contributed by atoms with van der Waals surface area (Å²) >= 11 is 6.33. The molecule has 0 spiro atoms. The zero-order valence-electron chi connectivity index (χ0n) is 15.3. The molecular weight excluding hydrogens is 382 g/mol. The van der Waals surface area contributed by atoms with Gasteiger partial charge in [-0.1, -0.05) is 18.5 Å². The number of aryl methyl sites for hydroxylation is 1. The number of halogens is 3. The molecule has 0 atom stereocenters. The number of nitrogens with zero attached hydrogens (tertiary/aromatic N) is 3. The molecule has 0 fully saturated rings. The third kappa shape index (κ3) is 4.85. The summed E-state index contributed by atoms with van der Waals surface area (Å²) in [5, 5.41) is 7.13. The summed E-state index contributed by atoms with van der Waals surface area (Å²) in [5.74, 6) is -0.424. The predicted octanol–water partition coefficient (Wildman–Crippen LogP) is 4.22. The van der Waals surface area contributed by atoms with Crippen LogP contribution < -0.4 is 10.1 Å². The van der Waals surface area contributed by atoms with Crippen LogP contribution in [0.15, 0.2) is 12.3 Å². The lowest BCUT2D eigenvalue weighted by Crippen LogP contribution is -2.08. The minimum atomic E-state index is -3.04. The van der Waals surface area contributed by atoms with Gasteiger partial charge in [-0.3, -0.25) is 4.68 Å². The maximum atomic E-state index is 12.9. The monoisotopic (exact) mass is 402 g/mol. The molecule has 0 aliphatic heterocycles. The van der Waals surface area contributed by atoms with Gasteiger partial charge >= 0.3 is 12.6 Å². The fourth-order valence-corrected chi connectivity index (χ4v) is 2.73. The van der Waals surface area contributed by atoms with Gasteiger partial charge in [-0.05, 0) is 20.3 Å². The van der Waals surface area contributed by atoms with Crippen molar-refractivity contribution in [1.29, 1.82) is 0 Å². The van der Waals surface area contributed by atoms with Crippen molar-refractivity contribution in [2.75, 3.05) is 18.5 Å². The van der Waals surface area contributed by atoms with Gasteiger partial charge in [-0.15, -0.1) is 0 Å². The Morgan fingerprint density at radius 2 is 2.11 bits per heavy atom. The minimum Gasteiger partial charge on any atom is -0.461 e. The molecule has 0 aromatic carbocycles. The van der Waals surface area contributed by atoms with Crippen molar-refractivity contribution in [2.24, 2.45) is 0 Å². The number of carbonyl (C=O) groups excluding carboxylic acids is 1. The Labute approximate surface area is 160 Å². The highest BCUT2D eigenvalue weighted by molar-refractivity contribution is 6.36. The fourth-order valence-electron chi connectivity index (χ4n) is 2.41. The maximum absolute atomic E-state index is 12.9. The van der Waals surface area contributed by atoms with E-state index in [1.165, 1.54) is 16.9 Å². The zero-order valence-corrected chi connectivity index (χ0v) is 16.0.